The highest BCUT2D eigenvalue weighted by Gasteiger charge is 2.12. The van der Waals surface area contributed by atoms with Crippen LogP contribution in [0.4, 0.5) is 10.7 Å². The van der Waals surface area contributed by atoms with Crippen LogP contribution in [0.5, 0.6) is 0 Å². The van der Waals surface area contributed by atoms with E-state index < -0.39 is 0 Å². The Morgan fingerprint density at radius 3 is 2.88 bits per heavy atom. The Balaban J connectivity index is 2.25. The molecule has 0 saturated heterocycles. The minimum absolute atomic E-state index is 0.318. The van der Waals surface area contributed by atoms with E-state index in [-0.39, 0.29) is 5.97 Å². The predicted octanol–water partition coefficient (Wildman–Crippen LogP) is 3.59. The van der Waals surface area contributed by atoms with Gasteiger partial charge in [-0.05, 0) is 36.1 Å². The highest BCUT2D eigenvalue weighted by atomic mass is 32.1. The number of thiophene rings is 1. The molecule has 3 nitrogen and oxygen atoms in total. The summed E-state index contributed by atoms with van der Waals surface area (Å²) >= 11 is 1.48. The van der Waals surface area contributed by atoms with Crippen LogP contribution in [0.25, 0.3) is 0 Å². The third-order valence-electron chi connectivity index (χ3n) is 2.35. The van der Waals surface area contributed by atoms with Crippen molar-refractivity contribution in [3.63, 3.8) is 0 Å². The number of hydrogen-bond donors (Lipinski definition) is 1. The van der Waals surface area contributed by atoms with Crippen LogP contribution in [-0.4, -0.2) is 13.1 Å². The molecule has 17 heavy (non-hydrogen) atoms. The van der Waals surface area contributed by atoms with Gasteiger partial charge in [0.2, 0.25) is 0 Å². The van der Waals surface area contributed by atoms with Crippen LogP contribution in [0.2, 0.25) is 0 Å². The molecule has 88 valence electrons. The summed E-state index contributed by atoms with van der Waals surface area (Å²) < 4.78 is 4.72. The number of hydrogen-bond acceptors (Lipinski definition) is 4. The number of nitrogens with one attached hydrogen (secondary N) is 1. The zero-order valence-corrected chi connectivity index (χ0v) is 10.5. The van der Waals surface area contributed by atoms with Crippen molar-refractivity contribution in [2.24, 2.45) is 0 Å². The lowest BCUT2D eigenvalue weighted by Crippen LogP contribution is -2.02. The van der Waals surface area contributed by atoms with Crippen LogP contribution in [0.1, 0.15) is 15.9 Å². The first-order chi connectivity index (χ1) is 8.20. The maximum Gasteiger partial charge on any atom is 0.340 e. The SMILES string of the molecule is COC(=O)c1ccsc1Nc1cccc(C)c1. The molecule has 0 amide bonds. The van der Waals surface area contributed by atoms with E-state index in [1.807, 2.05) is 36.6 Å². The Morgan fingerprint density at radius 2 is 2.18 bits per heavy atom. The summed E-state index contributed by atoms with van der Waals surface area (Å²) in [5.74, 6) is -0.318. The van der Waals surface area contributed by atoms with E-state index in [9.17, 15) is 4.79 Å². The predicted molar refractivity (Wildman–Crippen MR) is 70.1 cm³/mol. The van der Waals surface area contributed by atoms with Crippen molar-refractivity contribution in [3.8, 4) is 0 Å². The number of carbonyl (C=O) groups excluding carboxylic acids is 1. The van der Waals surface area contributed by atoms with Crippen LogP contribution < -0.4 is 5.32 Å². The highest BCUT2D eigenvalue weighted by molar-refractivity contribution is 7.14. The molecule has 0 unspecified atom stereocenters. The van der Waals surface area contributed by atoms with E-state index in [2.05, 4.69) is 5.32 Å². The first-order valence-electron chi connectivity index (χ1n) is 5.20. The van der Waals surface area contributed by atoms with Crippen LogP contribution in [0, 0.1) is 6.92 Å². The Morgan fingerprint density at radius 1 is 1.35 bits per heavy atom. The lowest BCUT2D eigenvalue weighted by molar-refractivity contribution is 0.0602. The van der Waals surface area contributed by atoms with E-state index in [0.717, 1.165) is 10.7 Å². The Bertz CT molecular complexity index is 534. The highest BCUT2D eigenvalue weighted by Crippen LogP contribution is 2.27. The first kappa shape index (κ1) is 11.7. The summed E-state index contributed by atoms with van der Waals surface area (Å²) in [6.45, 7) is 2.03. The summed E-state index contributed by atoms with van der Waals surface area (Å²) in [6.07, 6.45) is 0. The van der Waals surface area contributed by atoms with Gasteiger partial charge >= 0.3 is 5.97 Å². The third kappa shape index (κ3) is 2.65. The fraction of sp³-hybridized carbons (Fsp3) is 0.154. The number of methoxy groups -OCH3 is 1. The minimum atomic E-state index is -0.318. The van der Waals surface area contributed by atoms with Gasteiger partial charge in [-0.15, -0.1) is 11.3 Å². The standard InChI is InChI=1S/C13H13NO2S/c1-9-4-3-5-10(8-9)14-12-11(6-7-17-12)13(15)16-2/h3-8,14H,1-2H3. The second kappa shape index (κ2) is 5.01. The monoisotopic (exact) mass is 247 g/mol. The molecule has 0 aliphatic heterocycles. The maximum absolute atomic E-state index is 11.5. The van der Waals surface area contributed by atoms with Crippen molar-refractivity contribution >= 4 is 28.0 Å². The topological polar surface area (TPSA) is 38.3 Å². The average molecular weight is 247 g/mol. The second-order valence-electron chi connectivity index (χ2n) is 3.65. The summed E-state index contributed by atoms with van der Waals surface area (Å²) in [4.78, 5) is 11.5. The summed E-state index contributed by atoms with van der Waals surface area (Å²) in [5.41, 5.74) is 2.71. The zero-order chi connectivity index (χ0) is 12.3. The number of esters is 1. The first-order valence-corrected chi connectivity index (χ1v) is 6.08. The van der Waals surface area contributed by atoms with Gasteiger partial charge in [-0.25, -0.2) is 4.79 Å². The fourth-order valence-corrected chi connectivity index (χ4v) is 2.33. The quantitative estimate of drug-likeness (QED) is 0.842. The summed E-state index contributed by atoms with van der Waals surface area (Å²) in [6, 6.07) is 9.76. The van der Waals surface area contributed by atoms with Crippen LogP contribution in [-0.2, 0) is 4.74 Å². The zero-order valence-electron chi connectivity index (χ0n) is 9.69. The van der Waals surface area contributed by atoms with Gasteiger partial charge < -0.3 is 10.1 Å². The Kier molecular flexibility index (Phi) is 3.44. The van der Waals surface area contributed by atoms with Crippen LogP contribution >= 0.6 is 11.3 Å². The normalized spacial score (nSPS) is 10.0. The van der Waals surface area contributed by atoms with Crippen molar-refractivity contribution < 1.29 is 9.53 Å². The van der Waals surface area contributed by atoms with Crippen molar-refractivity contribution in [1.29, 1.82) is 0 Å². The molecule has 0 fully saturated rings. The molecule has 0 spiro atoms. The van der Waals surface area contributed by atoms with Gasteiger partial charge in [0.1, 0.15) is 5.00 Å². The van der Waals surface area contributed by atoms with Gasteiger partial charge in [-0.1, -0.05) is 12.1 Å². The Hall–Kier alpha value is -1.81. The lowest BCUT2D eigenvalue weighted by atomic mass is 10.2. The maximum atomic E-state index is 11.5. The van der Waals surface area contributed by atoms with Crippen molar-refractivity contribution in [3.05, 3.63) is 46.8 Å². The van der Waals surface area contributed by atoms with E-state index in [1.165, 1.54) is 24.0 Å². The van der Waals surface area contributed by atoms with E-state index >= 15 is 0 Å². The van der Waals surface area contributed by atoms with Crippen molar-refractivity contribution in [2.45, 2.75) is 6.92 Å². The fourth-order valence-electron chi connectivity index (χ4n) is 1.53. The van der Waals surface area contributed by atoms with Crippen molar-refractivity contribution in [1.82, 2.24) is 0 Å². The number of rotatable bonds is 3. The summed E-state index contributed by atoms with van der Waals surface area (Å²) in [5, 5.41) is 5.90. The molecule has 2 aromatic rings. The number of carbonyl (C=O) groups is 1. The van der Waals surface area contributed by atoms with Crippen molar-refractivity contribution in [2.75, 3.05) is 12.4 Å². The molecule has 0 bridgehead atoms. The van der Waals surface area contributed by atoms with Gasteiger partial charge in [0.15, 0.2) is 0 Å². The van der Waals surface area contributed by atoms with Gasteiger partial charge in [0.25, 0.3) is 0 Å². The number of ether oxygens (including phenoxy) is 1. The molecule has 1 aromatic heterocycles. The molecular formula is C13H13NO2S. The lowest BCUT2D eigenvalue weighted by Gasteiger charge is -2.06. The third-order valence-corrected chi connectivity index (χ3v) is 3.18. The molecule has 2 rings (SSSR count). The molecule has 0 aliphatic carbocycles. The molecule has 0 atom stereocenters. The molecule has 1 N–H and O–H groups in total. The van der Waals surface area contributed by atoms with Crippen LogP contribution in [0.15, 0.2) is 35.7 Å². The number of benzene rings is 1. The minimum Gasteiger partial charge on any atom is -0.465 e. The largest absolute Gasteiger partial charge is 0.465 e. The van der Waals surface area contributed by atoms with E-state index in [0.29, 0.717) is 5.56 Å². The van der Waals surface area contributed by atoms with Gasteiger partial charge in [-0.2, -0.15) is 0 Å². The van der Waals surface area contributed by atoms with E-state index in [4.69, 9.17) is 4.74 Å². The molecule has 0 radical (unpaired) electrons. The average Bonchev–Trinajstić information content (AvgIpc) is 2.76. The molecular weight excluding hydrogens is 234 g/mol. The smallest absolute Gasteiger partial charge is 0.340 e. The second-order valence-corrected chi connectivity index (χ2v) is 4.57. The molecule has 1 aromatic carbocycles. The summed E-state index contributed by atoms with van der Waals surface area (Å²) in [7, 11) is 1.39. The molecule has 0 aliphatic rings. The Labute approximate surface area is 104 Å². The number of aryl methyl sites for hydroxylation is 1. The van der Waals surface area contributed by atoms with Crippen LogP contribution in [0.3, 0.4) is 0 Å². The van der Waals surface area contributed by atoms with E-state index in [1.54, 1.807) is 6.07 Å². The molecule has 0 saturated carbocycles. The van der Waals surface area contributed by atoms with Gasteiger partial charge in [0, 0.05) is 5.69 Å². The molecule has 1 heterocycles. The van der Waals surface area contributed by atoms with Gasteiger partial charge in [0.05, 0.1) is 12.7 Å². The molecule has 4 heteroatoms. The number of anilines is 2. The van der Waals surface area contributed by atoms with Gasteiger partial charge in [-0.3, -0.25) is 0 Å².